The number of benzene rings is 2. The third-order valence-corrected chi connectivity index (χ3v) is 3.77. The van der Waals surface area contributed by atoms with E-state index in [1.165, 1.54) is 6.20 Å². The zero-order valence-electron chi connectivity index (χ0n) is 12.7. The Morgan fingerprint density at radius 2 is 1.83 bits per heavy atom. The number of nitrogens with zero attached hydrogens (tertiary/aromatic N) is 2. The van der Waals surface area contributed by atoms with Crippen molar-refractivity contribution in [3.8, 4) is 0 Å². The molecule has 0 saturated heterocycles. The highest BCUT2D eigenvalue weighted by Gasteiger charge is 2.08. The van der Waals surface area contributed by atoms with E-state index in [9.17, 15) is 4.79 Å². The predicted molar refractivity (Wildman–Crippen MR) is 97.1 cm³/mol. The number of halogens is 1. The van der Waals surface area contributed by atoms with E-state index in [-0.39, 0.29) is 11.6 Å². The van der Waals surface area contributed by atoms with Gasteiger partial charge in [-0.3, -0.25) is 4.79 Å². The van der Waals surface area contributed by atoms with E-state index in [1.807, 2.05) is 54.6 Å². The number of carbonyl (C=O) groups is 1. The van der Waals surface area contributed by atoms with Crippen molar-refractivity contribution in [2.24, 2.45) is 0 Å². The van der Waals surface area contributed by atoms with Crippen LogP contribution in [-0.2, 0) is 6.54 Å². The highest BCUT2D eigenvalue weighted by molar-refractivity contribution is 9.10. The molecule has 0 aliphatic rings. The lowest BCUT2D eigenvalue weighted by atomic mass is 10.2. The molecular weight excluding hydrogens is 368 g/mol. The van der Waals surface area contributed by atoms with Gasteiger partial charge in [0.05, 0.1) is 12.4 Å². The summed E-state index contributed by atoms with van der Waals surface area (Å²) in [5.74, 6) is 0.327. The highest BCUT2D eigenvalue weighted by Crippen LogP contribution is 2.18. The molecule has 0 aliphatic carbocycles. The Hall–Kier alpha value is -2.73. The number of aromatic nitrogens is 2. The molecule has 1 heterocycles. The molecule has 0 bridgehead atoms. The molecule has 0 saturated carbocycles. The first-order valence-electron chi connectivity index (χ1n) is 7.37. The van der Waals surface area contributed by atoms with Crippen LogP contribution in [-0.4, -0.2) is 15.9 Å². The minimum absolute atomic E-state index is 0.250. The lowest BCUT2D eigenvalue weighted by Crippen LogP contribution is -2.24. The van der Waals surface area contributed by atoms with Crippen LogP contribution in [0.5, 0.6) is 0 Å². The van der Waals surface area contributed by atoms with Gasteiger partial charge in [-0.1, -0.05) is 52.3 Å². The van der Waals surface area contributed by atoms with E-state index in [0.717, 1.165) is 15.7 Å². The van der Waals surface area contributed by atoms with Gasteiger partial charge in [-0.25, -0.2) is 9.97 Å². The van der Waals surface area contributed by atoms with Crippen LogP contribution in [0, 0.1) is 0 Å². The van der Waals surface area contributed by atoms with Gasteiger partial charge in [0.2, 0.25) is 0 Å². The smallest absolute Gasteiger partial charge is 0.271 e. The molecule has 2 N–H and O–H groups in total. The zero-order valence-corrected chi connectivity index (χ0v) is 14.3. The third-order valence-electron chi connectivity index (χ3n) is 3.28. The van der Waals surface area contributed by atoms with Gasteiger partial charge in [0.1, 0.15) is 11.5 Å². The average Bonchev–Trinajstić information content (AvgIpc) is 2.61. The first-order valence-corrected chi connectivity index (χ1v) is 8.17. The summed E-state index contributed by atoms with van der Waals surface area (Å²) in [7, 11) is 0. The predicted octanol–water partition coefficient (Wildman–Crippen LogP) is 3.91. The fourth-order valence-corrected chi connectivity index (χ4v) is 2.49. The fraction of sp³-hybridized carbons (Fsp3) is 0.0556. The molecule has 3 rings (SSSR count). The largest absolute Gasteiger partial charge is 0.347 e. The number of rotatable bonds is 5. The van der Waals surface area contributed by atoms with Crippen LogP contribution in [0.25, 0.3) is 0 Å². The van der Waals surface area contributed by atoms with Crippen molar-refractivity contribution in [2.75, 3.05) is 5.32 Å². The van der Waals surface area contributed by atoms with Gasteiger partial charge >= 0.3 is 0 Å². The molecule has 5 nitrogen and oxygen atoms in total. The summed E-state index contributed by atoms with van der Waals surface area (Å²) in [6.45, 7) is 0.458. The summed E-state index contributed by atoms with van der Waals surface area (Å²) in [5.41, 5.74) is 2.21. The van der Waals surface area contributed by atoms with Crippen LogP contribution < -0.4 is 10.6 Å². The van der Waals surface area contributed by atoms with Gasteiger partial charge in [-0.2, -0.15) is 0 Å². The molecule has 24 heavy (non-hydrogen) atoms. The molecular formula is C18H15BrN4O. The van der Waals surface area contributed by atoms with Crippen LogP contribution in [0.3, 0.4) is 0 Å². The van der Waals surface area contributed by atoms with Gasteiger partial charge in [0.15, 0.2) is 0 Å². The van der Waals surface area contributed by atoms with Crippen molar-refractivity contribution < 1.29 is 4.79 Å². The van der Waals surface area contributed by atoms with E-state index in [1.54, 1.807) is 6.20 Å². The molecule has 3 aromatic rings. The van der Waals surface area contributed by atoms with Crippen molar-refractivity contribution in [3.63, 3.8) is 0 Å². The number of amides is 1. The van der Waals surface area contributed by atoms with E-state index < -0.39 is 0 Å². The summed E-state index contributed by atoms with van der Waals surface area (Å²) in [6.07, 6.45) is 3.00. The molecule has 6 heteroatoms. The first kappa shape index (κ1) is 16.1. The third kappa shape index (κ3) is 4.39. The molecule has 0 radical (unpaired) electrons. The Labute approximate surface area is 148 Å². The molecule has 0 unspecified atom stereocenters. The van der Waals surface area contributed by atoms with Crippen LogP contribution >= 0.6 is 15.9 Å². The molecule has 0 aliphatic heterocycles. The van der Waals surface area contributed by atoms with Crippen LogP contribution in [0.4, 0.5) is 11.5 Å². The Bertz CT molecular complexity index is 822. The molecule has 2 aromatic carbocycles. The summed E-state index contributed by atoms with van der Waals surface area (Å²) >= 11 is 3.41. The first-order chi connectivity index (χ1) is 11.7. The minimum atomic E-state index is -0.250. The maximum Gasteiger partial charge on any atom is 0.271 e. The van der Waals surface area contributed by atoms with Crippen molar-refractivity contribution in [1.82, 2.24) is 15.3 Å². The number of nitrogens with one attached hydrogen (secondary N) is 2. The molecule has 0 fully saturated rings. The second kappa shape index (κ2) is 7.70. The second-order valence-electron chi connectivity index (χ2n) is 5.09. The van der Waals surface area contributed by atoms with Crippen molar-refractivity contribution >= 4 is 33.3 Å². The lowest BCUT2D eigenvalue weighted by Gasteiger charge is -2.07. The lowest BCUT2D eigenvalue weighted by molar-refractivity contribution is 0.0945. The molecule has 1 amide bonds. The number of anilines is 2. The maximum absolute atomic E-state index is 12.1. The Kier molecular flexibility index (Phi) is 5.18. The monoisotopic (exact) mass is 382 g/mol. The van der Waals surface area contributed by atoms with Crippen LogP contribution in [0.1, 0.15) is 16.1 Å². The molecule has 0 atom stereocenters. The standard InChI is InChI=1S/C18H15BrN4O/c19-14-7-4-8-15(9-14)23-17-12-20-16(11-21-17)18(24)22-10-13-5-2-1-3-6-13/h1-9,11-12H,10H2,(H,21,23)(H,22,24). The summed E-state index contributed by atoms with van der Waals surface area (Å²) in [5, 5.41) is 5.96. The minimum Gasteiger partial charge on any atom is -0.347 e. The van der Waals surface area contributed by atoms with E-state index >= 15 is 0 Å². The van der Waals surface area contributed by atoms with E-state index in [0.29, 0.717) is 12.4 Å². The van der Waals surface area contributed by atoms with Crippen LogP contribution in [0.15, 0.2) is 71.5 Å². The van der Waals surface area contributed by atoms with Gasteiger partial charge < -0.3 is 10.6 Å². The van der Waals surface area contributed by atoms with Gasteiger partial charge in [0.25, 0.3) is 5.91 Å². The van der Waals surface area contributed by atoms with Crippen molar-refractivity contribution in [3.05, 3.63) is 82.7 Å². The van der Waals surface area contributed by atoms with Crippen molar-refractivity contribution in [2.45, 2.75) is 6.54 Å². The van der Waals surface area contributed by atoms with E-state index in [4.69, 9.17) is 0 Å². The maximum atomic E-state index is 12.1. The Morgan fingerprint density at radius 1 is 1.00 bits per heavy atom. The molecule has 0 spiro atoms. The summed E-state index contributed by atoms with van der Waals surface area (Å²) < 4.78 is 0.970. The Balaban J connectivity index is 1.60. The summed E-state index contributed by atoms with van der Waals surface area (Å²) in [6, 6.07) is 17.4. The zero-order chi connectivity index (χ0) is 16.8. The van der Waals surface area contributed by atoms with Gasteiger partial charge in [-0.15, -0.1) is 0 Å². The molecule has 1 aromatic heterocycles. The normalized spacial score (nSPS) is 10.2. The second-order valence-corrected chi connectivity index (χ2v) is 6.01. The molecule has 120 valence electrons. The number of hydrogen-bond acceptors (Lipinski definition) is 4. The quantitative estimate of drug-likeness (QED) is 0.701. The number of carbonyl (C=O) groups excluding carboxylic acids is 1. The average molecular weight is 383 g/mol. The Morgan fingerprint density at radius 3 is 2.54 bits per heavy atom. The fourth-order valence-electron chi connectivity index (χ4n) is 2.09. The summed E-state index contributed by atoms with van der Waals surface area (Å²) in [4.78, 5) is 20.5. The van der Waals surface area contributed by atoms with Crippen molar-refractivity contribution in [1.29, 1.82) is 0 Å². The highest BCUT2D eigenvalue weighted by atomic mass is 79.9. The SMILES string of the molecule is O=C(NCc1ccccc1)c1cnc(Nc2cccc(Br)c2)cn1. The topological polar surface area (TPSA) is 66.9 Å². The van der Waals surface area contributed by atoms with Gasteiger partial charge in [0, 0.05) is 16.7 Å². The van der Waals surface area contributed by atoms with Gasteiger partial charge in [-0.05, 0) is 23.8 Å². The van der Waals surface area contributed by atoms with Crippen LogP contribution in [0.2, 0.25) is 0 Å². The van der Waals surface area contributed by atoms with E-state index in [2.05, 4.69) is 36.5 Å². The number of hydrogen-bond donors (Lipinski definition) is 2.